The Morgan fingerprint density at radius 2 is 1.78 bits per heavy atom. The number of rotatable bonds is 10. The van der Waals surface area contributed by atoms with E-state index in [1.54, 1.807) is 16.7 Å². The molecule has 4 nitrogen and oxygen atoms in total. The summed E-state index contributed by atoms with van der Waals surface area (Å²) in [6.07, 6.45) is 10.2. The summed E-state index contributed by atoms with van der Waals surface area (Å²) in [4.78, 5) is 2.14. The fourth-order valence-corrected chi connectivity index (χ4v) is 7.99. The van der Waals surface area contributed by atoms with E-state index in [1.807, 2.05) is 0 Å². The van der Waals surface area contributed by atoms with Crippen molar-refractivity contribution >= 4 is 8.32 Å². The van der Waals surface area contributed by atoms with Gasteiger partial charge in [-0.1, -0.05) is 45.4 Å². The number of hydrogen-bond acceptors (Lipinski definition) is 4. The van der Waals surface area contributed by atoms with E-state index in [0.29, 0.717) is 18.6 Å². The minimum absolute atomic E-state index is 0.222. The Morgan fingerprint density at radius 1 is 1.03 bits per heavy atom. The first-order chi connectivity index (χ1) is 17.4. The van der Waals surface area contributed by atoms with Crippen LogP contribution in [0.3, 0.4) is 0 Å². The maximum Gasteiger partial charge on any atom is 0.250 e. The van der Waals surface area contributed by atoms with E-state index in [2.05, 4.69) is 84.1 Å². The Balaban J connectivity index is 1.35. The SMILES string of the molecule is CN(C)CCOCCOC/C=C1\CC[C@H]2[C@@H]3CCc4cc(O[Si](C)(C)C(C)(C)C)ccc4[C@H]3CC[C@]12C. The van der Waals surface area contributed by atoms with E-state index in [0.717, 1.165) is 43.3 Å². The lowest BCUT2D eigenvalue weighted by molar-refractivity contribution is 0.0512. The van der Waals surface area contributed by atoms with E-state index in [-0.39, 0.29) is 5.04 Å². The highest BCUT2D eigenvalue weighted by atomic mass is 28.4. The summed E-state index contributed by atoms with van der Waals surface area (Å²) in [7, 11) is 2.33. The third-order valence-corrected chi connectivity index (χ3v) is 14.6. The predicted octanol–water partition coefficient (Wildman–Crippen LogP) is 7.45. The Labute approximate surface area is 228 Å². The molecule has 0 aliphatic heterocycles. The van der Waals surface area contributed by atoms with Crippen molar-refractivity contribution in [2.75, 3.05) is 47.1 Å². The van der Waals surface area contributed by atoms with Crippen LogP contribution in [-0.4, -0.2) is 60.3 Å². The lowest BCUT2D eigenvalue weighted by Gasteiger charge is -2.49. The van der Waals surface area contributed by atoms with Crippen molar-refractivity contribution in [2.45, 2.75) is 90.3 Å². The summed E-state index contributed by atoms with van der Waals surface area (Å²) in [6, 6.07) is 7.09. The van der Waals surface area contributed by atoms with Gasteiger partial charge in [0.1, 0.15) is 5.75 Å². The number of fused-ring (bicyclic) bond motifs is 5. The van der Waals surface area contributed by atoms with Gasteiger partial charge < -0.3 is 18.8 Å². The predicted molar refractivity (Wildman–Crippen MR) is 157 cm³/mol. The molecular formula is C32H53NO3Si. The summed E-state index contributed by atoms with van der Waals surface area (Å²) in [6.45, 7) is 18.0. The molecule has 0 amide bonds. The second kappa shape index (κ2) is 11.5. The number of nitrogens with zero attached hydrogens (tertiary/aromatic N) is 1. The summed E-state index contributed by atoms with van der Waals surface area (Å²) in [5, 5.41) is 0.222. The molecule has 5 heteroatoms. The van der Waals surface area contributed by atoms with Crippen LogP contribution in [0.4, 0.5) is 0 Å². The fraction of sp³-hybridized carbons (Fsp3) is 0.750. The van der Waals surface area contributed by atoms with Crippen molar-refractivity contribution in [3.8, 4) is 5.75 Å². The van der Waals surface area contributed by atoms with Crippen LogP contribution in [0.1, 0.15) is 76.8 Å². The van der Waals surface area contributed by atoms with Gasteiger partial charge in [-0.05, 0) is 117 Å². The largest absolute Gasteiger partial charge is 0.543 e. The molecule has 4 atom stereocenters. The maximum atomic E-state index is 6.66. The Bertz CT molecular complexity index is 950. The second-order valence-corrected chi connectivity index (χ2v) is 18.6. The van der Waals surface area contributed by atoms with Gasteiger partial charge in [-0.2, -0.15) is 0 Å². The van der Waals surface area contributed by atoms with Crippen LogP contribution in [0.15, 0.2) is 29.8 Å². The minimum Gasteiger partial charge on any atom is -0.543 e. The molecule has 0 N–H and O–H groups in total. The standard InChI is InChI=1S/C32H53NO3Si/c1-31(2,3)37(7,8)36-26-11-13-27-24(23-26)9-12-29-28(27)15-17-32(4)25(10-14-30(29)32)16-19-34-21-22-35-20-18-33(5)6/h11,13,16,23,28-30H,9-10,12,14-15,17-22H2,1-8H3/b25-16+/t28-,29-,30+,32-/m1/s1. The Morgan fingerprint density at radius 3 is 2.51 bits per heavy atom. The van der Waals surface area contributed by atoms with Gasteiger partial charge >= 0.3 is 0 Å². The zero-order chi connectivity index (χ0) is 26.8. The Kier molecular flexibility index (Phi) is 8.99. The molecule has 2 fully saturated rings. The van der Waals surface area contributed by atoms with Gasteiger partial charge in [0.15, 0.2) is 0 Å². The van der Waals surface area contributed by atoms with E-state index >= 15 is 0 Å². The maximum absolute atomic E-state index is 6.66. The first-order valence-corrected chi connectivity index (χ1v) is 17.6. The molecule has 0 aromatic heterocycles. The summed E-state index contributed by atoms with van der Waals surface area (Å²) in [5.41, 5.74) is 5.19. The van der Waals surface area contributed by atoms with Crippen molar-refractivity contribution in [3.05, 3.63) is 41.0 Å². The van der Waals surface area contributed by atoms with Crippen molar-refractivity contribution in [3.63, 3.8) is 0 Å². The lowest BCUT2D eigenvalue weighted by Crippen LogP contribution is -2.44. The highest BCUT2D eigenvalue weighted by Gasteiger charge is 2.52. The molecule has 0 spiro atoms. The van der Waals surface area contributed by atoms with E-state index < -0.39 is 8.32 Å². The fourth-order valence-electron chi connectivity index (χ4n) is 6.96. The van der Waals surface area contributed by atoms with Crippen LogP contribution >= 0.6 is 0 Å². The molecule has 0 radical (unpaired) electrons. The third-order valence-electron chi connectivity index (χ3n) is 10.2. The molecule has 2 saturated carbocycles. The molecule has 0 heterocycles. The van der Waals surface area contributed by atoms with Crippen LogP contribution in [0.5, 0.6) is 5.75 Å². The van der Waals surface area contributed by atoms with Crippen LogP contribution in [0.2, 0.25) is 18.1 Å². The molecule has 37 heavy (non-hydrogen) atoms. The molecule has 208 valence electrons. The first kappa shape index (κ1) is 28.9. The normalized spacial score (nSPS) is 28.8. The Hall–Kier alpha value is -1.14. The zero-order valence-electron chi connectivity index (χ0n) is 25.0. The smallest absolute Gasteiger partial charge is 0.250 e. The summed E-state index contributed by atoms with van der Waals surface area (Å²) >= 11 is 0. The number of hydrogen-bond donors (Lipinski definition) is 0. The van der Waals surface area contributed by atoms with Crippen molar-refractivity contribution in [1.82, 2.24) is 4.90 Å². The van der Waals surface area contributed by atoms with Gasteiger partial charge in [-0.25, -0.2) is 0 Å². The summed E-state index contributed by atoms with van der Waals surface area (Å²) < 4.78 is 18.2. The molecule has 0 bridgehead atoms. The number of allylic oxidation sites excluding steroid dienone is 1. The van der Waals surface area contributed by atoms with E-state index in [1.165, 1.54) is 38.5 Å². The molecule has 1 aromatic carbocycles. The highest BCUT2D eigenvalue weighted by molar-refractivity contribution is 6.74. The summed E-state index contributed by atoms with van der Waals surface area (Å²) in [5.74, 6) is 3.44. The van der Waals surface area contributed by atoms with Crippen molar-refractivity contribution in [1.29, 1.82) is 0 Å². The molecule has 0 unspecified atom stereocenters. The number of benzene rings is 1. The molecule has 3 aliphatic carbocycles. The van der Waals surface area contributed by atoms with Crippen LogP contribution in [0, 0.1) is 17.3 Å². The van der Waals surface area contributed by atoms with Crippen molar-refractivity contribution < 1.29 is 13.9 Å². The second-order valence-electron chi connectivity index (χ2n) is 13.9. The van der Waals surface area contributed by atoms with Gasteiger partial charge in [-0.15, -0.1) is 0 Å². The monoisotopic (exact) mass is 527 g/mol. The van der Waals surface area contributed by atoms with Crippen LogP contribution in [-0.2, 0) is 15.9 Å². The van der Waals surface area contributed by atoms with Gasteiger partial charge in [-0.3, -0.25) is 0 Å². The number of likely N-dealkylation sites (N-methyl/N-ethyl adjacent to an activating group) is 1. The van der Waals surface area contributed by atoms with Crippen LogP contribution < -0.4 is 4.43 Å². The molecule has 3 aliphatic rings. The topological polar surface area (TPSA) is 30.9 Å². The molecule has 4 rings (SSSR count). The average Bonchev–Trinajstić information content (AvgIpc) is 3.15. The van der Waals surface area contributed by atoms with Crippen LogP contribution in [0.25, 0.3) is 0 Å². The lowest BCUT2D eigenvalue weighted by atomic mass is 9.55. The van der Waals surface area contributed by atoms with Gasteiger partial charge in [0.2, 0.25) is 8.32 Å². The quantitative estimate of drug-likeness (QED) is 0.180. The van der Waals surface area contributed by atoms with Gasteiger partial charge in [0.25, 0.3) is 0 Å². The van der Waals surface area contributed by atoms with Gasteiger partial charge in [0.05, 0.1) is 26.4 Å². The zero-order valence-corrected chi connectivity index (χ0v) is 26.0. The van der Waals surface area contributed by atoms with E-state index in [9.17, 15) is 0 Å². The van der Waals surface area contributed by atoms with Crippen molar-refractivity contribution in [2.24, 2.45) is 17.3 Å². The molecule has 1 aromatic rings. The third kappa shape index (κ3) is 6.37. The molecule has 0 saturated heterocycles. The van der Waals surface area contributed by atoms with Gasteiger partial charge in [0, 0.05) is 6.54 Å². The number of aryl methyl sites for hydroxylation is 1. The number of ether oxygens (including phenoxy) is 2. The minimum atomic E-state index is -1.81. The molecular weight excluding hydrogens is 474 g/mol. The van der Waals surface area contributed by atoms with E-state index in [4.69, 9.17) is 13.9 Å². The average molecular weight is 528 g/mol. The first-order valence-electron chi connectivity index (χ1n) is 14.7. The highest BCUT2D eigenvalue weighted by Crippen LogP contribution is 2.62.